The highest BCUT2D eigenvalue weighted by Crippen LogP contribution is 2.28. The van der Waals surface area contributed by atoms with Crippen molar-refractivity contribution in [1.82, 2.24) is 15.0 Å². The molecule has 0 spiro atoms. The van der Waals surface area contributed by atoms with E-state index >= 15 is 0 Å². The molecule has 5 heteroatoms. The number of rotatable bonds is 3. The van der Waals surface area contributed by atoms with Crippen LogP contribution in [-0.4, -0.2) is 15.0 Å². The molecular weight excluding hydrogens is 326 g/mol. The largest absolute Gasteiger partial charge is 0.253 e. The van der Waals surface area contributed by atoms with Crippen molar-refractivity contribution >= 4 is 27.5 Å². The summed E-state index contributed by atoms with van der Waals surface area (Å²) in [5, 5.41) is 0.434. The summed E-state index contributed by atoms with van der Waals surface area (Å²) < 4.78 is 0.777. The van der Waals surface area contributed by atoms with Gasteiger partial charge in [-0.05, 0) is 52.9 Å². The van der Waals surface area contributed by atoms with Crippen LogP contribution in [-0.2, 0) is 6.42 Å². The Morgan fingerprint density at radius 3 is 2.68 bits per heavy atom. The van der Waals surface area contributed by atoms with Crippen molar-refractivity contribution in [2.75, 3.05) is 0 Å². The van der Waals surface area contributed by atoms with Crippen molar-refractivity contribution < 1.29 is 0 Å². The van der Waals surface area contributed by atoms with Crippen LogP contribution in [0.15, 0.2) is 22.8 Å². The third kappa shape index (κ3) is 3.51. The van der Waals surface area contributed by atoms with Crippen LogP contribution in [0.4, 0.5) is 0 Å². The quantitative estimate of drug-likeness (QED) is 0.774. The molecule has 2 heterocycles. The van der Waals surface area contributed by atoms with E-state index in [4.69, 9.17) is 11.6 Å². The summed E-state index contributed by atoms with van der Waals surface area (Å²) in [6.45, 7) is 6.31. The van der Waals surface area contributed by atoms with Gasteiger partial charge in [0.15, 0.2) is 5.82 Å². The van der Waals surface area contributed by atoms with Gasteiger partial charge in [0, 0.05) is 6.20 Å². The lowest BCUT2D eigenvalue weighted by atomic mass is 10.1. The smallest absolute Gasteiger partial charge is 0.179 e. The minimum atomic E-state index is 0.434. The molecule has 0 N–H and O–H groups in total. The second-order valence-corrected chi connectivity index (χ2v) is 6.07. The van der Waals surface area contributed by atoms with Crippen molar-refractivity contribution in [2.45, 2.75) is 27.2 Å². The Hall–Kier alpha value is -1.00. The van der Waals surface area contributed by atoms with Gasteiger partial charge in [-0.3, -0.25) is 4.98 Å². The van der Waals surface area contributed by atoms with E-state index in [9.17, 15) is 0 Å². The summed E-state index contributed by atoms with van der Waals surface area (Å²) in [6.07, 6.45) is 2.60. The van der Waals surface area contributed by atoms with E-state index in [1.54, 1.807) is 6.20 Å². The maximum Gasteiger partial charge on any atom is 0.179 e. The van der Waals surface area contributed by atoms with Crippen molar-refractivity contribution in [2.24, 2.45) is 5.92 Å². The lowest BCUT2D eigenvalue weighted by molar-refractivity contribution is 0.632. The van der Waals surface area contributed by atoms with Crippen LogP contribution in [0, 0.1) is 12.8 Å². The van der Waals surface area contributed by atoms with Gasteiger partial charge in [-0.15, -0.1) is 0 Å². The first-order valence-electron chi connectivity index (χ1n) is 6.12. The zero-order chi connectivity index (χ0) is 14.0. The molecular formula is C14H15BrClN3. The minimum Gasteiger partial charge on any atom is -0.253 e. The third-order valence-corrected chi connectivity index (χ3v) is 3.96. The van der Waals surface area contributed by atoms with Gasteiger partial charge >= 0.3 is 0 Å². The summed E-state index contributed by atoms with van der Waals surface area (Å²) >= 11 is 9.62. The standard InChI is InChI=1S/C14H15BrClN3/c1-8(2)6-10-12(15)13(16)19-14(18-10)11-7-9(3)4-5-17-11/h4-5,7-8H,6H2,1-3H3. The average molecular weight is 341 g/mol. The Morgan fingerprint density at radius 1 is 1.32 bits per heavy atom. The molecule has 0 amide bonds. The molecule has 0 aliphatic rings. The van der Waals surface area contributed by atoms with Crippen LogP contribution in [0.3, 0.4) is 0 Å². The van der Waals surface area contributed by atoms with E-state index in [0.29, 0.717) is 16.9 Å². The molecule has 19 heavy (non-hydrogen) atoms. The first-order valence-corrected chi connectivity index (χ1v) is 7.29. The Morgan fingerprint density at radius 2 is 2.05 bits per heavy atom. The van der Waals surface area contributed by atoms with Crippen molar-refractivity contribution in [3.05, 3.63) is 39.2 Å². The third-order valence-electron chi connectivity index (χ3n) is 2.63. The molecule has 2 rings (SSSR count). The molecule has 0 saturated carbocycles. The highest BCUT2D eigenvalue weighted by atomic mass is 79.9. The number of aryl methyl sites for hydroxylation is 1. The maximum absolute atomic E-state index is 6.17. The van der Waals surface area contributed by atoms with Crippen LogP contribution in [0.1, 0.15) is 25.1 Å². The van der Waals surface area contributed by atoms with E-state index in [1.165, 1.54) is 0 Å². The molecule has 0 atom stereocenters. The lowest BCUT2D eigenvalue weighted by Crippen LogP contribution is -2.03. The van der Waals surface area contributed by atoms with E-state index in [0.717, 1.165) is 27.8 Å². The van der Waals surface area contributed by atoms with Gasteiger partial charge in [0.2, 0.25) is 0 Å². The van der Waals surface area contributed by atoms with E-state index in [2.05, 4.69) is 44.7 Å². The highest BCUT2D eigenvalue weighted by Gasteiger charge is 2.14. The van der Waals surface area contributed by atoms with Crippen LogP contribution in [0.2, 0.25) is 5.15 Å². The Labute approximate surface area is 126 Å². The Bertz CT molecular complexity index is 599. The molecule has 0 fully saturated rings. The first kappa shape index (κ1) is 14.4. The second-order valence-electron chi connectivity index (χ2n) is 4.92. The molecule has 3 nitrogen and oxygen atoms in total. The topological polar surface area (TPSA) is 38.7 Å². The summed E-state index contributed by atoms with van der Waals surface area (Å²) in [5.74, 6) is 1.08. The number of hydrogen-bond donors (Lipinski definition) is 0. The highest BCUT2D eigenvalue weighted by molar-refractivity contribution is 9.10. The average Bonchev–Trinajstić information content (AvgIpc) is 2.34. The van der Waals surface area contributed by atoms with Crippen LogP contribution >= 0.6 is 27.5 Å². The first-order chi connectivity index (χ1) is 8.97. The molecule has 0 aromatic carbocycles. The van der Waals surface area contributed by atoms with E-state index < -0.39 is 0 Å². The Balaban J connectivity index is 2.50. The second kappa shape index (κ2) is 5.97. The summed E-state index contributed by atoms with van der Waals surface area (Å²) in [7, 11) is 0. The lowest BCUT2D eigenvalue weighted by Gasteiger charge is -2.10. The van der Waals surface area contributed by atoms with Crippen molar-refractivity contribution in [1.29, 1.82) is 0 Å². The zero-order valence-corrected chi connectivity index (χ0v) is 13.5. The predicted molar refractivity (Wildman–Crippen MR) is 81.3 cm³/mol. The van der Waals surface area contributed by atoms with Crippen LogP contribution < -0.4 is 0 Å². The Kier molecular flexibility index (Phi) is 4.53. The molecule has 100 valence electrons. The van der Waals surface area contributed by atoms with Gasteiger partial charge in [0.1, 0.15) is 10.8 Å². The molecule has 0 radical (unpaired) electrons. The SMILES string of the molecule is Cc1ccnc(-c2nc(Cl)c(Br)c(CC(C)C)n2)c1. The van der Waals surface area contributed by atoms with Crippen molar-refractivity contribution in [3.63, 3.8) is 0 Å². The van der Waals surface area contributed by atoms with E-state index in [-0.39, 0.29) is 0 Å². The van der Waals surface area contributed by atoms with Crippen LogP contribution in [0.5, 0.6) is 0 Å². The summed E-state index contributed by atoms with van der Waals surface area (Å²) in [4.78, 5) is 13.2. The minimum absolute atomic E-state index is 0.434. The van der Waals surface area contributed by atoms with Gasteiger partial charge in [-0.25, -0.2) is 9.97 Å². The number of nitrogens with zero attached hydrogens (tertiary/aromatic N) is 3. The molecule has 0 unspecified atom stereocenters. The number of aromatic nitrogens is 3. The fourth-order valence-electron chi connectivity index (χ4n) is 1.76. The van der Waals surface area contributed by atoms with Gasteiger partial charge < -0.3 is 0 Å². The molecule has 0 bridgehead atoms. The molecule has 2 aromatic rings. The molecule has 0 saturated heterocycles. The number of halogens is 2. The van der Waals surface area contributed by atoms with Gasteiger partial charge in [0.25, 0.3) is 0 Å². The number of hydrogen-bond acceptors (Lipinski definition) is 3. The summed E-state index contributed by atoms with van der Waals surface area (Å²) in [6, 6.07) is 3.90. The number of pyridine rings is 1. The maximum atomic E-state index is 6.17. The van der Waals surface area contributed by atoms with Gasteiger partial charge in [-0.1, -0.05) is 25.4 Å². The zero-order valence-electron chi connectivity index (χ0n) is 11.1. The van der Waals surface area contributed by atoms with Gasteiger partial charge in [-0.2, -0.15) is 0 Å². The normalized spacial score (nSPS) is 11.1. The molecule has 0 aliphatic carbocycles. The fourth-order valence-corrected chi connectivity index (χ4v) is 2.29. The monoisotopic (exact) mass is 339 g/mol. The molecule has 2 aromatic heterocycles. The molecule has 0 aliphatic heterocycles. The van der Waals surface area contributed by atoms with Crippen molar-refractivity contribution in [3.8, 4) is 11.5 Å². The fraction of sp³-hybridized carbons (Fsp3) is 0.357. The predicted octanol–water partition coefficient (Wildman–Crippen LogP) is 4.46. The van der Waals surface area contributed by atoms with E-state index in [1.807, 2.05) is 19.1 Å². The van der Waals surface area contributed by atoms with Crippen LogP contribution in [0.25, 0.3) is 11.5 Å². The van der Waals surface area contributed by atoms with Gasteiger partial charge in [0.05, 0.1) is 10.2 Å². The summed E-state index contributed by atoms with van der Waals surface area (Å²) in [5.41, 5.74) is 2.80.